The highest BCUT2D eigenvalue weighted by molar-refractivity contribution is 5.99. The number of nitro groups is 2. The van der Waals surface area contributed by atoms with E-state index in [0.717, 1.165) is 0 Å². The van der Waals surface area contributed by atoms with Crippen molar-refractivity contribution in [3.63, 3.8) is 0 Å². The highest BCUT2D eigenvalue weighted by atomic mass is 16.6. The molecule has 1 aliphatic rings. The summed E-state index contributed by atoms with van der Waals surface area (Å²) in [4.78, 5) is 35.4. The molecule has 30 heavy (non-hydrogen) atoms. The summed E-state index contributed by atoms with van der Waals surface area (Å²) < 4.78 is 5.10. The highest BCUT2D eigenvalue weighted by Gasteiger charge is 2.54. The lowest BCUT2D eigenvalue weighted by molar-refractivity contribution is -0.533. The van der Waals surface area contributed by atoms with Crippen LogP contribution in [-0.2, 0) is 0 Å². The second-order valence-corrected chi connectivity index (χ2v) is 7.70. The number of carbonyl (C=O) groups is 1. The topological polar surface area (TPSA) is 133 Å². The molecule has 0 heterocycles. The number of ketones is 1. The lowest BCUT2D eigenvalue weighted by atomic mass is 9.62. The van der Waals surface area contributed by atoms with Crippen LogP contribution in [0.25, 0.3) is 0 Å². The largest absolute Gasteiger partial charge is 0.497 e. The number of hydrogen-bond donors (Lipinski definition) is 1. The van der Waals surface area contributed by atoms with E-state index in [1.54, 1.807) is 12.1 Å². The van der Waals surface area contributed by atoms with Crippen molar-refractivity contribution in [2.75, 3.05) is 7.11 Å². The van der Waals surface area contributed by atoms with Crippen molar-refractivity contribution >= 4 is 11.5 Å². The normalized spacial score (nSPS) is 26.0. The van der Waals surface area contributed by atoms with Gasteiger partial charge in [0.1, 0.15) is 5.75 Å². The molecule has 9 nitrogen and oxygen atoms in total. The fraction of sp³-hybridized carbons (Fsp3) is 0.381. The summed E-state index contributed by atoms with van der Waals surface area (Å²) >= 11 is 0. The number of nitrogens with zero attached hydrogens (tertiary/aromatic N) is 2. The molecule has 0 radical (unpaired) electrons. The minimum absolute atomic E-state index is 0.0553. The summed E-state index contributed by atoms with van der Waals surface area (Å²) in [5.74, 6) is -2.07. The molecule has 0 amide bonds. The second kappa shape index (κ2) is 8.19. The van der Waals surface area contributed by atoms with Gasteiger partial charge in [0, 0.05) is 29.0 Å². The predicted octanol–water partition coefficient (Wildman–Crippen LogP) is 3.38. The summed E-state index contributed by atoms with van der Waals surface area (Å²) in [6, 6.07) is 10.6. The van der Waals surface area contributed by atoms with Crippen LogP contribution in [-0.4, -0.2) is 39.5 Å². The molecule has 1 N–H and O–H groups in total. The number of non-ortho nitro benzene ring substituents is 1. The quantitative estimate of drug-likeness (QED) is 0.435. The van der Waals surface area contributed by atoms with E-state index in [4.69, 9.17) is 4.74 Å². The van der Waals surface area contributed by atoms with E-state index in [2.05, 4.69) is 0 Å². The zero-order valence-electron chi connectivity index (χ0n) is 16.6. The van der Waals surface area contributed by atoms with Gasteiger partial charge in [-0.05, 0) is 43.2 Å². The predicted molar refractivity (Wildman–Crippen MR) is 107 cm³/mol. The van der Waals surface area contributed by atoms with Crippen molar-refractivity contribution < 1.29 is 24.5 Å². The number of nitro benzene ring substituents is 1. The molecule has 4 atom stereocenters. The Bertz CT molecular complexity index is 972. The fourth-order valence-corrected chi connectivity index (χ4v) is 4.26. The van der Waals surface area contributed by atoms with Gasteiger partial charge in [-0.25, -0.2) is 0 Å². The molecule has 1 fully saturated rings. The first-order chi connectivity index (χ1) is 14.2. The number of aliphatic hydroxyl groups is 1. The monoisotopic (exact) mass is 414 g/mol. The van der Waals surface area contributed by atoms with E-state index in [-0.39, 0.29) is 29.7 Å². The van der Waals surface area contributed by atoms with Crippen molar-refractivity contribution in [3.8, 4) is 5.75 Å². The molecule has 3 rings (SSSR count). The number of rotatable bonds is 6. The smallest absolute Gasteiger partial charge is 0.269 e. The van der Waals surface area contributed by atoms with Gasteiger partial charge in [-0.3, -0.25) is 25.0 Å². The Morgan fingerprint density at radius 3 is 2.40 bits per heavy atom. The van der Waals surface area contributed by atoms with Gasteiger partial charge >= 0.3 is 0 Å². The number of benzene rings is 2. The van der Waals surface area contributed by atoms with Crippen LogP contribution in [0.2, 0.25) is 0 Å². The molecular weight excluding hydrogens is 392 g/mol. The molecule has 2 aromatic carbocycles. The molecule has 158 valence electrons. The van der Waals surface area contributed by atoms with Crippen molar-refractivity contribution in [1.29, 1.82) is 0 Å². The van der Waals surface area contributed by atoms with E-state index in [9.17, 15) is 30.1 Å². The summed E-state index contributed by atoms with van der Waals surface area (Å²) in [5, 5.41) is 34.1. The third kappa shape index (κ3) is 4.02. The molecule has 0 saturated heterocycles. The number of Topliss-reactive ketones (excluding diaryl/α,β-unsaturated/α-hetero) is 1. The average molecular weight is 414 g/mol. The SMILES string of the molecule is COc1ccc(C(=O)[C@H]2[C@H](c3cccc([N+](=O)[O-])c3)[C@@H]([N+](=O)[O-])CC[C@@]2(C)O)cc1. The molecule has 9 heteroatoms. The van der Waals surface area contributed by atoms with Gasteiger partial charge < -0.3 is 9.84 Å². The van der Waals surface area contributed by atoms with Gasteiger partial charge in [-0.1, -0.05) is 12.1 Å². The first-order valence-corrected chi connectivity index (χ1v) is 9.44. The summed E-state index contributed by atoms with van der Waals surface area (Å²) in [7, 11) is 1.49. The summed E-state index contributed by atoms with van der Waals surface area (Å²) in [5.41, 5.74) is -1.17. The Balaban J connectivity index is 2.13. The zero-order valence-corrected chi connectivity index (χ0v) is 16.6. The molecule has 0 aromatic heterocycles. The molecule has 0 spiro atoms. The Morgan fingerprint density at radius 2 is 1.83 bits per heavy atom. The van der Waals surface area contributed by atoms with Gasteiger partial charge in [-0.15, -0.1) is 0 Å². The minimum atomic E-state index is -1.52. The molecule has 1 saturated carbocycles. The van der Waals surface area contributed by atoms with Crippen LogP contribution < -0.4 is 4.74 Å². The number of methoxy groups -OCH3 is 1. The zero-order chi connectivity index (χ0) is 22.1. The maximum absolute atomic E-state index is 13.4. The van der Waals surface area contributed by atoms with Crippen LogP contribution in [0.1, 0.15) is 41.6 Å². The highest BCUT2D eigenvalue weighted by Crippen LogP contribution is 2.46. The Hall–Kier alpha value is -3.33. The molecule has 0 bridgehead atoms. The van der Waals surface area contributed by atoms with Crippen LogP contribution >= 0.6 is 0 Å². The number of ether oxygens (including phenoxy) is 1. The maximum Gasteiger partial charge on any atom is 0.269 e. The molecule has 2 aromatic rings. The van der Waals surface area contributed by atoms with Gasteiger partial charge in [0.15, 0.2) is 5.78 Å². The number of hydrogen-bond acceptors (Lipinski definition) is 7. The fourth-order valence-electron chi connectivity index (χ4n) is 4.26. The molecule has 0 aliphatic heterocycles. The molecular formula is C21H22N2O7. The first-order valence-electron chi connectivity index (χ1n) is 9.44. The summed E-state index contributed by atoms with van der Waals surface area (Å²) in [6.07, 6.45) is 0.121. The Morgan fingerprint density at radius 1 is 1.17 bits per heavy atom. The third-order valence-corrected chi connectivity index (χ3v) is 5.78. The van der Waals surface area contributed by atoms with Crippen molar-refractivity contribution in [1.82, 2.24) is 0 Å². The van der Waals surface area contributed by atoms with Gasteiger partial charge in [-0.2, -0.15) is 0 Å². The number of carbonyl (C=O) groups excluding carboxylic acids is 1. The van der Waals surface area contributed by atoms with Crippen LogP contribution in [0.4, 0.5) is 5.69 Å². The average Bonchev–Trinajstić information content (AvgIpc) is 2.72. The lowest BCUT2D eigenvalue weighted by Gasteiger charge is -2.42. The van der Waals surface area contributed by atoms with Crippen LogP contribution in [0.3, 0.4) is 0 Å². The van der Waals surface area contributed by atoms with Crippen molar-refractivity contribution in [2.45, 2.75) is 37.3 Å². The minimum Gasteiger partial charge on any atom is -0.497 e. The Labute approximate surface area is 172 Å². The van der Waals surface area contributed by atoms with Crippen molar-refractivity contribution in [2.24, 2.45) is 5.92 Å². The Kier molecular flexibility index (Phi) is 5.84. The van der Waals surface area contributed by atoms with Gasteiger partial charge in [0.05, 0.1) is 29.5 Å². The van der Waals surface area contributed by atoms with E-state index in [1.807, 2.05) is 0 Å². The van der Waals surface area contributed by atoms with Crippen LogP contribution in [0, 0.1) is 26.1 Å². The third-order valence-electron chi connectivity index (χ3n) is 5.78. The second-order valence-electron chi connectivity index (χ2n) is 7.70. The first kappa shape index (κ1) is 21.4. The maximum atomic E-state index is 13.4. The van der Waals surface area contributed by atoms with Crippen LogP contribution in [0.5, 0.6) is 5.75 Å². The summed E-state index contributed by atoms with van der Waals surface area (Å²) in [6.45, 7) is 1.49. The molecule has 0 unspecified atom stereocenters. The van der Waals surface area contributed by atoms with Crippen molar-refractivity contribution in [3.05, 3.63) is 79.9 Å². The van der Waals surface area contributed by atoms with Crippen LogP contribution in [0.15, 0.2) is 48.5 Å². The van der Waals surface area contributed by atoms with E-state index < -0.39 is 39.1 Å². The lowest BCUT2D eigenvalue weighted by Crippen LogP contribution is -2.52. The van der Waals surface area contributed by atoms with Gasteiger partial charge in [0.2, 0.25) is 6.04 Å². The van der Waals surface area contributed by atoms with E-state index >= 15 is 0 Å². The molecule has 1 aliphatic carbocycles. The van der Waals surface area contributed by atoms with Gasteiger partial charge in [0.25, 0.3) is 5.69 Å². The van der Waals surface area contributed by atoms with E-state index in [0.29, 0.717) is 5.75 Å². The standard InChI is InChI=1S/C21H22N2O7/c1-21(25)11-10-17(23(28)29)18(14-4-3-5-15(12-14)22(26)27)19(21)20(24)13-6-8-16(30-2)9-7-13/h3-9,12,17-19,25H,10-11H2,1-2H3/t17-,18+,19+,21+/m0/s1. The van der Waals surface area contributed by atoms with E-state index in [1.165, 1.54) is 50.4 Å².